The highest BCUT2D eigenvalue weighted by molar-refractivity contribution is 5.88. The third-order valence-electron chi connectivity index (χ3n) is 3.92. The Kier molecular flexibility index (Phi) is 3.79. The second-order valence-corrected chi connectivity index (χ2v) is 5.27. The lowest BCUT2D eigenvalue weighted by Gasteiger charge is -2.22. The van der Waals surface area contributed by atoms with Gasteiger partial charge in [-0.1, -0.05) is 6.92 Å². The van der Waals surface area contributed by atoms with Crippen LogP contribution in [0.3, 0.4) is 0 Å². The molecule has 1 aliphatic heterocycles. The zero-order valence-electron chi connectivity index (χ0n) is 12.2. The minimum Gasteiger partial charge on any atom is -0.477 e. The molecule has 2 aromatic rings. The van der Waals surface area contributed by atoms with Crippen molar-refractivity contribution >= 4 is 17.3 Å². The zero-order chi connectivity index (χ0) is 14.8. The number of imidazole rings is 1. The number of carboxylic acid groups (broad SMARTS) is 1. The standard InChI is InChI=1S/C15H20N4O2/c1-2-12-14(15(20)21)19-10-11(4-5-13(19)17-12)18-8-3-6-16-7-9-18/h4-5,10,16H,2-3,6-9H2,1H3,(H,20,21). The maximum atomic E-state index is 11.5. The number of rotatable bonds is 3. The van der Waals surface area contributed by atoms with Gasteiger partial charge in [-0.15, -0.1) is 0 Å². The predicted octanol–water partition coefficient (Wildman–Crippen LogP) is 1.39. The van der Waals surface area contributed by atoms with Gasteiger partial charge < -0.3 is 15.3 Å². The van der Waals surface area contributed by atoms with Crippen LogP contribution in [0.15, 0.2) is 18.3 Å². The van der Waals surface area contributed by atoms with Crippen molar-refractivity contribution in [1.29, 1.82) is 0 Å². The highest BCUT2D eigenvalue weighted by Gasteiger charge is 2.18. The summed E-state index contributed by atoms with van der Waals surface area (Å²) in [5, 5.41) is 12.8. The van der Waals surface area contributed by atoms with E-state index < -0.39 is 5.97 Å². The zero-order valence-corrected chi connectivity index (χ0v) is 12.2. The van der Waals surface area contributed by atoms with Gasteiger partial charge in [0, 0.05) is 25.8 Å². The van der Waals surface area contributed by atoms with Crippen LogP contribution in [-0.2, 0) is 6.42 Å². The SMILES string of the molecule is CCc1nc2ccc(N3CCCNCC3)cn2c1C(=O)O. The summed E-state index contributed by atoms with van der Waals surface area (Å²) >= 11 is 0. The highest BCUT2D eigenvalue weighted by Crippen LogP contribution is 2.20. The van der Waals surface area contributed by atoms with Crippen LogP contribution in [0.2, 0.25) is 0 Å². The summed E-state index contributed by atoms with van der Waals surface area (Å²) in [7, 11) is 0. The van der Waals surface area contributed by atoms with Crippen molar-refractivity contribution in [1.82, 2.24) is 14.7 Å². The normalized spacial score (nSPS) is 16.1. The topological polar surface area (TPSA) is 69.9 Å². The number of nitrogens with zero attached hydrogens (tertiary/aromatic N) is 3. The van der Waals surface area contributed by atoms with Crippen molar-refractivity contribution in [3.8, 4) is 0 Å². The van der Waals surface area contributed by atoms with Gasteiger partial charge in [0.2, 0.25) is 0 Å². The van der Waals surface area contributed by atoms with Gasteiger partial charge in [0.05, 0.1) is 11.4 Å². The lowest BCUT2D eigenvalue weighted by Crippen LogP contribution is -2.28. The Labute approximate surface area is 123 Å². The second kappa shape index (κ2) is 5.73. The molecule has 0 unspecified atom stereocenters. The fraction of sp³-hybridized carbons (Fsp3) is 0.467. The summed E-state index contributed by atoms with van der Waals surface area (Å²) in [6.07, 6.45) is 3.61. The average molecular weight is 288 g/mol. The lowest BCUT2D eigenvalue weighted by molar-refractivity contribution is 0.0688. The number of aryl methyl sites for hydroxylation is 1. The van der Waals surface area contributed by atoms with E-state index in [0.717, 1.165) is 38.3 Å². The van der Waals surface area contributed by atoms with E-state index in [0.29, 0.717) is 17.8 Å². The molecule has 0 atom stereocenters. The maximum absolute atomic E-state index is 11.5. The van der Waals surface area contributed by atoms with E-state index in [-0.39, 0.29) is 5.69 Å². The third-order valence-corrected chi connectivity index (χ3v) is 3.92. The van der Waals surface area contributed by atoms with Gasteiger partial charge in [-0.2, -0.15) is 0 Å². The quantitative estimate of drug-likeness (QED) is 0.893. The fourth-order valence-corrected chi connectivity index (χ4v) is 2.85. The molecule has 1 aliphatic rings. The van der Waals surface area contributed by atoms with Crippen LogP contribution >= 0.6 is 0 Å². The van der Waals surface area contributed by atoms with Crippen LogP contribution in [0.4, 0.5) is 5.69 Å². The third kappa shape index (κ3) is 2.58. The molecule has 3 rings (SSSR count). The largest absolute Gasteiger partial charge is 0.477 e. The first-order valence-corrected chi connectivity index (χ1v) is 7.40. The molecule has 0 radical (unpaired) electrons. The Balaban J connectivity index is 2.05. The van der Waals surface area contributed by atoms with E-state index in [2.05, 4.69) is 15.2 Å². The smallest absolute Gasteiger partial charge is 0.354 e. The number of aromatic carboxylic acids is 1. The van der Waals surface area contributed by atoms with Crippen molar-refractivity contribution in [2.75, 3.05) is 31.1 Å². The average Bonchev–Trinajstić information content (AvgIpc) is 2.65. The Morgan fingerprint density at radius 2 is 2.24 bits per heavy atom. The molecule has 21 heavy (non-hydrogen) atoms. The summed E-state index contributed by atoms with van der Waals surface area (Å²) in [6.45, 7) is 5.83. The first-order valence-electron chi connectivity index (χ1n) is 7.40. The van der Waals surface area contributed by atoms with E-state index in [1.807, 2.05) is 25.3 Å². The molecule has 0 amide bonds. The number of carboxylic acids is 1. The Hall–Kier alpha value is -2.08. The number of hydrogen-bond donors (Lipinski definition) is 2. The number of aromatic nitrogens is 2. The second-order valence-electron chi connectivity index (χ2n) is 5.27. The summed E-state index contributed by atoms with van der Waals surface area (Å²) < 4.78 is 1.70. The molecule has 2 N–H and O–H groups in total. The summed E-state index contributed by atoms with van der Waals surface area (Å²) in [5.41, 5.74) is 2.66. The molecule has 6 heteroatoms. The molecular weight excluding hydrogens is 268 g/mol. The van der Waals surface area contributed by atoms with E-state index in [9.17, 15) is 9.90 Å². The van der Waals surface area contributed by atoms with Crippen molar-refractivity contribution in [2.45, 2.75) is 19.8 Å². The minimum atomic E-state index is -0.922. The summed E-state index contributed by atoms with van der Waals surface area (Å²) in [4.78, 5) is 18.2. The number of pyridine rings is 1. The molecule has 0 aromatic carbocycles. The van der Waals surface area contributed by atoms with E-state index in [1.54, 1.807) is 4.40 Å². The van der Waals surface area contributed by atoms with Crippen LogP contribution in [0, 0.1) is 0 Å². The molecule has 3 heterocycles. The molecule has 0 spiro atoms. The van der Waals surface area contributed by atoms with E-state index in [4.69, 9.17) is 0 Å². The molecule has 112 valence electrons. The van der Waals surface area contributed by atoms with E-state index >= 15 is 0 Å². The fourth-order valence-electron chi connectivity index (χ4n) is 2.85. The van der Waals surface area contributed by atoms with Crippen LogP contribution in [0.1, 0.15) is 29.5 Å². The molecule has 6 nitrogen and oxygen atoms in total. The molecule has 1 saturated heterocycles. The Bertz CT molecular complexity index is 657. The number of fused-ring (bicyclic) bond motifs is 1. The van der Waals surface area contributed by atoms with Crippen LogP contribution in [0.25, 0.3) is 5.65 Å². The highest BCUT2D eigenvalue weighted by atomic mass is 16.4. The summed E-state index contributed by atoms with van der Waals surface area (Å²) in [6, 6.07) is 3.93. The van der Waals surface area contributed by atoms with Crippen LogP contribution in [0.5, 0.6) is 0 Å². The van der Waals surface area contributed by atoms with Crippen molar-refractivity contribution in [2.24, 2.45) is 0 Å². The minimum absolute atomic E-state index is 0.280. The van der Waals surface area contributed by atoms with Gasteiger partial charge in [0.1, 0.15) is 5.65 Å². The first-order chi connectivity index (χ1) is 10.2. The summed E-state index contributed by atoms with van der Waals surface area (Å²) in [5.74, 6) is -0.922. The van der Waals surface area contributed by atoms with Crippen LogP contribution in [-0.4, -0.2) is 46.6 Å². The molecule has 1 fully saturated rings. The van der Waals surface area contributed by atoms with Gasteiger partial charge in [-0.3, -0.25) is 4.40 Å². The Morgan fingerprint density at radius 3 is 3.00 bits per heavy atom. The first kappa shape index (κ1) is 13.9. The van der Waals surface area contributed by atoms with Crippen molar-refractivity contribution < 1.29 is 9.90 Å². The van der Waals surface area contributed by atoms with Crippen LogP contribution < -0.4 is 10.2 Å². The maximum Gasteiger partial charge on any atom is 0.354 e. The van der Waals surface area contributed by atoms with Crippen molar-refractivity contribution in [3.05, 3.63) is 29.7 Å². The van der Waals surface area contributed by atoms with Gasteiger partial charge in [0.15, 0.2) is 5.69 Å². The predicted molar refractivity (Wildman–Crippen MR) is 81.2 cm³/mol. The molecule has 0 aliphatic carbocycles. The van der Waals surface area contributed by atoms with Gasteiger partial charge in [-0.25, -0.2) is 9.78 Å². The van der Waals surface area contributed by atoms with Crippen molar-refractivity contribution in [3.63, 3.8) is 0 Å². The molecular formula is C15H20N4O2. The molecule has 2 aromatic heterocycles. The number of hydrogen-bond acceptors (Lipinski definition) is 4. The number of carbonyl (C=O) groups is 1. The molecule has 0 bridgehead atoms. The number of nitrogens with one attached hydrogen (secondary N) is 1. The van der Waals surface area contributed by atoms with E-state index in [1.165, 1.54) is 0 Å². The van der Waals surface area contributed by atoms with Gasteiger partial charge in [0.25, 0.3) is 0 Å². The van der Waals surface area contributed by atoms with Gasteiger partial charge >= 0.3 is 5.97 Å². The van der Waals surface area contributed by atoms with Gasteiger partial charge in [-0.05, 0) is 31.5 Å². The number of anilines is 1. The molecule has 0 saturated carbocycles. The lowest BCUT2D eigenvalue weighted by atomic mass is 10.2. The monoisotopic (exact) mass is 288 g/mol. The Morgan fingerprint density at radius 1 is 1.38 bits per heavy atom.